The lowest BCUT2D eigenvalue weighted by Crippen LogP contribution is -2.22. The topological polar surface area (TPSA) is 64.4 Å². The van der Waals surface area contributed by atoms with Crippen molar-refractivity contribution in [3.05, 3.63) is 10.1 Å². The minimum atomic E-state index is -0.824. The van der Waals surface area contributed by atoms with Crippen LogP contribution in [0.25, 0.3) is 0 Å². The van der Waals surface area contributed by atoms with Gasteiger partial charge < -0.3 is 4.74 Å². The molecule has 1 rings (SSSR count). The van der Waals surface area contributed by atoms with Crippen LogP contribution in [-0.2, 0) is 4.74 Å². The van der Waals surface area contributed by atoms with E-state index >= 15 is 0 Å². The zero-order valence-electron chi connectivity index (χ0n) is 4.16. The average Bonchev–Trinajstić information content (AvgIpc) is 2.12. The van der Waals surface area contributed by atoms with E-state index in [1.165, 1.54) is 0 Å². The summed E-state index contributed by atoms with van der Waals surface area (Å²) in [7, 11) is 0. The van der Waals surface area contributed by atoms with E-state index in [2.05, 4.69) is 10.1 Å². The van der Waals surface area contributed by atoms with Crippen LogP contribution in [0.2, 0.25) is 0 Å². The van der Waals surface area contributed by atoms with E-state index in [0.717, 1.165) is 0 Å². The van der Waals surface area contributed by atoms with Gasteiger partial charge in [-0.1, -0.05) is 0 Å². The van der Waals surface area contributed by atoms with Gasteiger partial charge in [0.25, 0.3) is 0 Å². The standard InChI is InChI=1S/C3H6N2O3/c6-5(7)3-1-4-2-8-3/h3-4H,1-2H2. The highest BCUT2D eigenvalue weighted by Gasteiger charge is 2.24. The third-order valence-corrected chi connectivity index (χ3v) is 0.932. The summed E-state index contributed by atoms with van der Waals surface area (Å²) in [6, 6.07) is 0. The monoisotopic (exact) mass is 118 g/mol. The molecule has 0 radical (unpaired) electrons. The van der Waals surface area contributed by atoms with Crippen molar-refractivity contribution in [2.45, 2.75) is 6.23 Å². The second kappa shape index (κ2) is 2.06. The normalized spacial score (nSPS) is 28.2. The molecule has 46 valence electrons. The molecule has 1 atom stereocenters. The summed E-state index contributed by atoms with van der Waals surface area (Å²) in [4.78, 5) is 9.40. The molecule has 1 fully saturated rings. The van der Waals surface area contributed by atoms with E-state index in [1.807, 2.05) is 0 Å². The Balaban J connectivity index is 2.35. The van der Waals surface area contributed by atoms with Crippen LogP contribution in [0.4, 0.5) is 0 Å². The van der Waals surface area contributed by atoms with Crippen LogP contribution in [0.15, 0.2) is 0 Å². The Bertz CT molecular complexity index is 98.7. The summed E-state index contributed by atoms with van der Waals surface area (Å²) < 4.78 is 4.60. The van der Waals surface area contributed by atoms with Crippen LogP contribution in [0.1, 0.15) is 0 Å². The van der Waals surface area contributed by atoms with E-state index in [0.29, 0.717) is 13.3 Å². The zero-order valence-corrected chi connectivity index (χ0v) is 4.16. The van der Waals surface area contributed by atoms with E-state index in [4.69, 9.17) is 0 Å². The molecule has 0 aliphatic carbocycles. The van der Waals surface area contributed by atoms with Gasteiger partial charge in [0, 0.05) is 0 Å². The molecule has 1 aliphatic heterocycles. The van der Waals surface area contributed by atoms with Gasteiger partial charge in [-0.3, -0.25) is 15.4 Å². The second-order valence-corrected chi connectivity index (χ2v) is 1.51. The summed E-state index contributed by atoms with van der Waals surface area (Å²) in [6.07, 6.45) is -0.824. The van der Waals surface area contributed by atoms with Gasteiger partial charge in [0.05, 0.1) is 11.5 Å². The molecule has 0 aromatic rings. The van der Waals surface area contributed by atoms with E-state index in [1.54, 1.807) is 0 Å². The first-order valence-electron chi connectivity index (χ1n) is 2.26. The Morgan fingerprint density at radius 3 is 2.88 bits per heavy atom. The summed E-state index contributed by atoms with van der Waals surface area (Å²) in [6.45, 7) is 0.624. The van der Waals surface area contributed by atoms with Crippen molar-refractivity contribution < 1.29 is 9.66 Å². The summed E-state index contributed by atoms with van der Waals surface area (Å²) in [5.41, 5.74) is 0. The molecule has 1 heterocycles. The second-order valence-electron chi connectivity index (χ2n) is 1.51. The van der Waals surface area contributed by atoms with E-state index < -0.39 is 11.2 Å². The van der Waals surface area contributed by atoms with Gasteiger partial charge in [0.1, 0.15) is 6.73 Å². The third kappa shape index (κ3) is 0.932. The molecule has 1 aliphatic rings. The summed E-state index contributed by atoms with van der Waals surface area (Å²) in [5, 5.41) is 12.5. The van der Waals surface area contributed by atoms with Crippen molar-refractivity contribution in [3.8, 4) is 0 Å². The van der Waals surface area contributed by atoms with Crippen molar-refractivity contribution in [1.29, 1.82) is 0 Å². The number of ether oxygens (including phenoxy) is 1. The van der Waals surface area contributed by atoms with Gasteiger partial charge in [-0.05, 0) is 0 Å². The lowest BCUT2D eigenvalue weighted by Gasteiger charge is -1.94. The maximum atomic E-state index is 9.84. The van der Waals surface area contributed by atoms with Crippen molar-refractivity contribution in [2.24, 2.45) is 0 Å². The molecule has 0 aromatic carbocycles. The lowest BCUT2D eigenvalue weighted by molar-refractivity contribution is -0.565. The number of nitrogens with zero attached hydrogens (tertiary/aromatic N) is 1. The fourth-order valence-electron chi connectivity index (χ4n) is 0.532. The number of nitro groups is 1. The van der Waals surface area contributed by atoms with Gasteiger partial charge in [0.15, 0.2) is 0 Å². The number of rotatable bonds is 1. The Kier molecular flexibility index (Phi) is 1.40. The van der Waals surface area contributed by atoms with Crippen molar-refractivity contribution in [1.82, 2.24) is 5.32 Å². The van der Waals surface area contributed by atoms with Crippen LogP contribution in [0.5, 0.6) is 0 Å². The van der Waals surface area contributed by atoms with Gasteiger partial charge in [-0.15, -0.1) is 0 Å². The van der Waals surface area contributed by atoms with Crippen molar-refractivity contribution in [3.63, 3.8) is 0 Å². The molecule has 0 amide bonds. The average molecular weight is 118 g/mol. The van der Waals surface area contributed by atoms with E-state index in [-0.39, 0.29) is 0 Å². The Hall–Kier alpha value is -0.680. The van der Waals surface area contributed by atoms with Crippen LogP contribution in [-0.4, -0.2) is 24.4 Å². The van der Waals surface area contributed by atoms with Crippen LogP contribution >= 0.6 is 0 Å². The maximum Gasteiger partial charge on any atom is 0.329 e. The molecule has 5 nitrogen and oxygen atoms in total. The Morgan fingerprint density at radius 1 is 1.88 bits per heavy atom. The number of hydrogen-bond donors (Lipinski definition) is 1. The first-order valence-corrected chi connectivity index (χ1v) is 2.26. The highest BCUT2D eigenvalue weighted by atomic mass is 16.7. The highest BCUT2D eigenvalue weighted by Crippen LogP contribution is 1.95. The Morgan fingerprint density at radius 2 is 2.62 bits per heavy atom. The quantitative estimate of drug-likeness (QED) is 0.360. The number of nitrogens with one attached hydrogen (secondary N) is 1. The molecule has 1 unspecified atom stereocenters. The predicted molar refractivity (Wildman–Crippen MR) is 24.7 cm³/mol. The molecule has 0 saturated carbocycles. The first kappa shape index (κ1) is 5.46. The molecule has 0 bridgehead atoms. The largest absolute Gasteiger partial charge is 0.329 e. The fraction of sp³-hybridized carbons (Fsp3) is 1.00. The maximum absolute atomic E-state index is 9.84. The third-order valence-electron chi connectivity index (χ3n) is 0.932. The molecule has 0 spiro atoms. The van der Waals surface area contributed by atoms with Crippen molar-refractivity contribution >= 4 is 0 Å². The molecular formula is C3H6N2O3. The SMILES string of the molecule is O=[N+]([O-])C1CNCO1. The van der Waals surface area contributed by atoms with Crippen LogP contribution in [0, 0.1) is 10.1 Å². The smallest absolute Gasteiger partial charge is 0.300 e. The van der Waals surface area contributed by atoms with Crippen LogP contribution in [0.3, 0.4) is 0 Å². The highest BCUT2D eigenvalue weighted by molar-refractivity contribution is 4.52. The fourth-order valence-corrected chi connectivity index (χ4v) is 0.532. The molecule has 8 heavy (non-hydrogen) atoms. The first-order chi connectivity index (χ1) is 3.80. The van der Waals surface area contributed by atoms with E-state index in [9.17, 15) is 10.1 Å². The van der Waals surface area contributed by atoms with Gasteiger partial charge in [-0.25, -0.2) is 0 Å². The molecule has 0 aromatic heterocycles. The summed E-state index contributed by atoms with van der Waals surface area (Å²) in [5.74, 6) is 0. The molecule has 5 heteroatoms. The minimum absolute atomic E-state index is 0.297. The summed E-state index contributed by atoms with van der Waals surface area (Å²) >= 11 is 0. The molecule has 1 N–H and O–H groups in total. The molecule has 1 saturated heterocycles. The van der Waals surface area contributed by atoms with Gasteiger partial charge in [0.2, 0.25) is 0 Å². The minimum Gasteiger partial charge on any atom is -0.300 e. The van der Waals surface area contributed by atoms with Gasteiger partial charge in [-0.2, -0.15) is 0 Å². The van der Waals surface area contributed by atoms with Gasteiger partial charge >= 0.3 is 6.23 Å². The van der Waals surface area contributed by atoms with Crippen LogP contribution < -0.4 is 5.32 Å². The lowest BCUT2D eigenvalue weighted by atomic mass is 10.6. The number of hydrogen-bond acceptors (Lipinski definition) is 4. The zero-order chi connectivity index (χ0) is 5.98. The molecular weight excluding hydrogens is 112 g/mol. The predicted octanol–water partition coefficient (Wildman–Crippen LogP) is -0.834. The Labute approximate surface area is 45.8 Å². The van der Waals surface area contributed by atoms with Crippen molar-refractivity contribution in [2.75, 3.05) is 13.3 Å².